The van der Waals surface area contributed by atoms with Crippen molar-refractivity contribution in [2.45, 2.75) is 19.6 Å². The number of anilines is 1. The molecule has 9 nitrogen and oxygen atoms in total. The molecule has 2 aliphatic heterocycles. The fourth-order valence-corrected chi connectivity index (χ4v) is 5.03. The van der Waals surface area contributed by atoms with E-state index in [9.17, 15) is 4.79 Å². The fraction of sp³-hybridized carbons (Fsp3) is 0.259. The third-order valence-electron chi connectivity index (χ3n) is 6.68. The SMILES string of the molecule is [C-]#[N+]c1ccc(-c2cc3n(c2)Cc2cc(N4C[C@@H](CN(C)C)OC4=O)ccc2-n2c(C)nnc2-3)cc1. The van der Waals surface area contributed by atoms with Gasteiger partial charge in [-0.1, -0.05) is 24.3 Å². The number of benzene rings is 2. The lowest BCUT2D eigenvalue weighted by molar-refractivity contribution is 0.123. The Kier molecular flexibility index (Phi) is 5.12. The van der Waals surface area contributed by atoms with Gasteiger partial charge in [-0.15, -0.1) is 10.2 Å². The Morgan fingerprint density at radius 3 is 2.67 bits per heavy atom. The molecule has 1 atom stereocenters. The lowest BCUT2D eigenvalue weighted by Crippen LogP contribution is -2.30. The quantitative estimate of drug-likeness (QED) is 0.355. The third-order valence-corrected chi connectivity index (χ3v) is 6.68. The van der Waals surface area contributed by atoms with Gasteiger partial charge >= 0.3 is 6.09 Å². The summed E-state index contributed by atoms with van der Waals surface area (Å²) in [5, 5.41) is 8.87. The highest BCUT2D eigenvalue weighted by Gasteiger charge is 2.33. The first-order chi connectivity index (χ1) is 17.4. The van der Waals surface area contributed by atoms with E-state index in [1.807, 2.05) is 62.3 Å². The van der Waals surface area contributed by atoms with Crippen LogP contribution in [-0.2, 0) is 11.3 Å². The predicted molar refractivity (Wildman–Crippen MR) is 136 cm³/mol. The molecule has 4 aromatic rings. The first-order valence-electron chi connectivity index (χ1n) is 11.8. The first kappa shape index (κ1) is 22.1. The van der Waals surface area contributed by atoms with Crippen molar-refractivity contribution in [1.29, 1.82) is 0 Å². The zero-order chi connectivity index (χ0) is 25.0. The Morgan fingerprint density at radius 2 is 1.92 bits per heavy atom. The highest BCUT2D eigenvalue weighted by molar-refractivity contribution is 5.90. The number of ether oxygens (including phenoxy) is 1. The zero-order valence-corrected chi connectivity index (χ0v) is 20.3. The van der Waals surface area contributed by atoms with Crippen LogP contribution in [0.5, 0.6) is 0 Å². The van der Waals surface area contributed by atoms with E-state index in [4.69, 9.17) is 11.3 Å². The van der Waals surface area contributed by atoms with E-state index in [1.165, 1.54) is 0 Å². The van der Waals surface area contributed by atoms with E-state index >= 15 is 0 Å². The first-order valence-corrected chi connectivity index (χ1v) is 11.8. The minimum Gasteiger partial charge on any atom is -0.443 e. The van der Waals surface area contributed by atoms with Gasteiger partial charge in [0.15, 0.2) is 11.5 Å². The van der Waals surface area contributed by atoms with Crippen LogP contribution >= 0.6 is 0 Å². The minimum atomic E-state index is -0.316. The second-order valence-electron chi connectivity index (χ2n) is 9.50. The maximum atomic E-state index is 12.7. The summed E-state index contributed by atoms with van der Waals surface area (Å²) < 4.78 is 9.83. The lowest BCUT2D eigenvalue weighted by Gasteiger charge is -2.18. The van der Waals surface area contributed by atoms with Gasteiger partial charge in [0.2, 0.25) is 0 Å². The number of carbonyl (C=O) groups excluding carboxylic acids is 1. The summed E-state index contributed by atoms with van der Waals surface area (Å²) in [6, 6.07) is 15.8. The molecule has 4 heterocycles. The number of carbonyl (C=O) groups is 1. The normalized spacial score (nSPS) is 16.2. The molecule has 6 rings (SSSR count). The molecule has 180 valence electrons. The Hall–Kier alpha value is -4.42. The van der Waals surface area contributed by atoms with E-state index in [0.29, 0.717) is 25.3 Å². The van der Waals surface area contributed by atoms with Crippen LogP contribution in [0, 0.1) is 13.5 Å². The number of aromatic nitrogens is 4. The summed E-state index contributed by atoms with van der Waals surface area (Å²) in [4.78, 5) is 19.9. The number of rotatable bonds is 4. The van der Waals surface area contributed by atoms with Gasteiger partial charge in [0.25, 0.3) is 0 Å². The molecule has 36 heavy (non-hydrogen) atoms. The lowest BCUT2D eigenvalue weighted by atomic mass is 10.1. The number of amides is 1. The van der Waals surface area contributed by atoms with Crippen molar-refractivity contribution in [2.75, 3.05) is 32.1 Å². The second kappa shape index (κ2) is 8.36. The molecule has 0 aliphatic carbocycles. The van der Waals surface area contributed by atoms with Crippen LogP contribution in [0.1, 0.15) is 11.4 Å². The molecule has 1 saturated heterocycles. The number of likely N-dealkylation sites (N-methyl/N-ethyl adjacent to an activating group) is 1. The number of aryl methyl sites for hydroxylation is 1. The average molecular weight is 480 g/mol. The molecule has 9 heteroatoms. The van der Waals surface area contributed by atoms with Crippen LogP contribution in [0.2, 0.25) is 0 Å². The monoisotopic (exact) mass is 479 g/mol. The number of cyclic esters (lactones) is 1. The largest absolute Gasteiger partial charge is 0.443 e. The Balaban J connectivity index is 1.41. The molecule has 1 fully saturated rings. The molecule has 0 unspecified atom stereocenters. The molecule has 0 radical (unpaired) electrons. The maximum Gasteiger partial charge on any atom is 0.414 e. The number of hydrogen-bond acceptors (Lipinski definition) is 5. The summed E-state index contributed by atoms with van der Waals surface area (Å²) in [7, 11) is 3.94. The molecule has 1 amide bonds. The molecule has 0 N–H and O–H groups in total. The van der Waals surface area contributed by atoms with E-state index in [-0.39, 0.29) is 12.2 Å². The molecule has 0 spiro atoms. The van der Waals surface area contributed by atoms with E-state index in [2.05, 4.69) is 42.5 Å². The van der Waals surface area contributed by atoms with Crippen LogP contribution in [0.15, 0.2) is 54.7 Å². The Bertz CT molecular complexity index is 1520. The van der Waals surface area contributed by atoms with Gasteiger partial charge in [0.05, 0.1) is 24.5 Å². The minimum absolute atomic E-state index is 0.161. The maximum absolute atomic E-state index is 12.7. The Labute approximate surface area is 209 Å². The molecule has 2 aromatic carbocycles. The van der Waals surface area contributed by atoms with E-state index in [0.717, 1.165) is 45.4 Å². The van der Waals surface area contributed by atoms with E-state index in [1.54, 1.807) is 4.90 Å². The van der Waals surface area contributed by atoms with Gasteiger partial charge in [-0.3, -0.25) is 9.47 Å². The van der Waals surface area contributed by atoms with Crippen LogP contribution in [0.4, 0.5) is 16.2 Å². The molecule has 2 aliphatic rings. The van der Waals surface area contributed by atoms with Gasteiger partial charge in [0.1, 0.15) is 11.9 Å². The molecule has 0 saturated carbocycles. The summed E-state index contributed by atoms with van der Waals surface area (Å²) in [5.74, 6) is 1.57. The van der Waals surface area contributed by atoms with Crippen LogP contribution in [0.3, 0.4) is 0 Å². The fourth-order valence-electron chi connectivity index (χ4n) is 5.03. The van der Waals surface area contributed by atoms with Gasteiger partial charge in [-0.25, -0.2) is 9.64 Å². The summed E-state index contributed by atoms with van der Waals surface area (Å²) >= 11 is 0. The van der Waals surface area contributed by atoms with Crippen molar-refractivity contribution >= 4 is 17.5 Å². The molecular weight excluding hydrogens is 454 g/mol. The number of hydrogen-bond donors (Lipinski definition) is 0. The number of fused-ring (bicyclic) bond motifs is 5. The van der Waals surface area contributed by atoms with Crippen LogP contribution < -0.4 is 4.90 Å². The van der Waals surface area contributed by atoms with Crippen molar-refractivity contribution in [3.63, 3.8) is 0 Å². The van der Waals surface area contributed by atoms with Crippen molar-refractivity contribution in [1.82, 2.24) is 24.2 Å². The van der Waals surface area contributed by atoms with Gasteiger partial charge in [-0.05, 0) is 56.4 Å². The average Bonchev–Trinajstić information content (AvgIpc) is 3.53. The van der Waals surface area contributed by atoms with Gasteiger partial charge in [0, 0.05) is 30.5 Å². The molecule has 2 aromatic heterocycles. The van der Waals surface area contributed by atoms with Crippen LogP contribution in [-0.4, -0.2) is 63.6 Å². The van der Waals surface area contributed by atoms with Crippen molar-refractivity contribution in [3.8, 4) is 28.3 Å². The van der Waals surface area contributed by atoms with Gasteiger partial charge in [-0.2, -0.15) is 0 Å². The van der Waals surface area contributed by atoms with Crippen molar-refractivity contribution in [3.05, 3.63) is 77.5 Å². The Morgan fingerprint density at radius 1 is 1.11 bits per heavy atom. The van der Waals surface area contributed by atoms with Crippen molar-refractivity contribution < 1.29 is 9.53 Å². The summed E-state index contributed by atoms with van der Waals surface area (Å²) in [6.07, 6.45) is 1.63. The van der Waals surface area contributed by atoms with E-state index < -0.39 is 0 Å². The summed E-state index contributed by atoms with van der Waals surface area (Å²) in [6.45, 7) is 11.0. The second-order valence-corrected chi connectivity index (χ2v) is 9.50. The smallest absolute Gasteiger partial charge is 0.414 e. The molecule has 0 bridgehead atoms. The van der Waals surface area contributed by atoms with Gasteiger partial charge < -0.3 is 14.2 Å². The standard InChI is InChI=1S/C27H25N7O2/c1-17-29-30-26-25-12-19(18-5-7-21(28-2)8-6-18)13-32(25)14-20-11-22(9-10-24(20)34(17)26)33-16-23(15-31(3)4)36-27(33)35/h5-13,23H,14-16H2,1,3-4H3/t23-/m1/s1. The predicted octanol–water partition coefficient (Wildman–Crippen LogP) is 4.51. The summed E-state index contributed by atoms with van der Waals surface area (Å²) in [5.41, 5.74) is 6.53. The number of nitrogens with zero attached hydrogens (tertiary/aromatic N) is 7. The zero-order valence-electron chi connectivity index (χ0n) is 20.3. The highest BCUT2D eigenvalue weighted by atomic mass is 16.6. The third kappa shape index (κ3) is 3.63. The highest BCUT2D eigenvalue weighted by Crippen LogP contribution is 2.36. The van der Waals surface area contributed by atoms with Crippen molar-refractivity contribution in [2.24, 2.45) is 0 Å². The van der Waals surface area contributed by atoms with Crippen LogP contribution in [0.25, 0.3) is 33.2 Å². The topological polar surface area (TPSA) is 72.8 Å². The molecular formula is C27H25N7O2.